The zero-order valence-corrected chi connectivity index (χ0v) is 12.0. The van der Waals surface area contributed by atoms with Gasteiger partial charge in [0.05, 0.1) is 13.0 Å². The monoisotopic (exact) mass is 284 g/mol. The number of benzene rings is 1. The highest BCUT2D eigenvalue weighted by Gasteiger charge is 2.16. The van der Waals surface area contributed by atoms with Crippen LogP contribution >= 0.6 is 12.2 Å². The molecule has 1 aromatic rings. The summed E-state index contributed by atoms with van der Waals surface area (Å²) >= 11 is 4.74. The number of rotatable bonds is 5. The van der Waals surface area contributed by atoms with E-state index in [-0.39, 0.29) is 22.4 Å². The zero-order chi connectivity index (χ0) is 14.6. The number of anilines is 1. The second kappa shape index (κ2) is 6.47. The number of hydrogen-bond donors (Lipinski definition) is 1. The maximum absolute atomic E-state index is 13.7. The number of esters is 1. The Morgan fingerprint density at radius 1 is 1.58 bits per heavy atom. The molecule has 0 saturated heterocycles. The van der Waals surface area contributed by atoms with Crippen LogP contribution in [0.1, 0.15) is 12.5 Å². The topological polar surface area (TPSA) is 55.6 Å². The van der Waals surface area contributed by atoms with Crippen molar-refractivity contribution in [2.45, 2.75) is 6.92 Å². The quantitative estimate of drug-likeness (QED) is 0.659. The van der Waals surface area contributed by atoms with Gasteiger partial charge in [-0.15, -0.1) is 0 Å². The third kappa shape index (κ3) is 3.89. The van der Waals surface area contributed by atoms with Gasteiger partial charge in [-0.05, 0) is 18.2 Å². The summed E-state index contributed by atoms with van der Waals surface area (Å²) in [6, 6.07) is 4.59. The first-order valence-corrected chi connectivity index (χ1v) is 6.16. The number of carbonyl (C=O) groups is 1. The number of thiocarbonyl (C=S) groups is 1. The predicted octanol–water partition coefficient (Wildman–Crippen LogP) is 1.71. The molecule has 0 aliphatic rings. The third-order valence-electron chi connectivity index (χ3n) is 2.81. The van der Waals surface area contributed by atoms with E-state index in [1.54, 1.807) is 24.9 Å². The molecule has 6 heteroatoms. The molecule has 0 aliphatic carbocycles. The summed E-state index contributed by atoms with van der Waals surface area (Å²) in [4.78, 5) is 13.1. The largest absolute Gasteiger partial charge is 0.469 e. The van der Waals surface area contributed by atoms with Crippen LogP contribution in [0.15, 0.2) is 18.2 Å². The summed E-state index contributed by atoms with van der Waals surface area (Å²) in [7, 11) is 3.12. The van der Waals surface area contributed by atoms with Crippen LogP contribution in [-0.4, -0.2) is 31.7 Å². The molecule has 0 heterocycles. The maximum Gasteiger partial charge on any atom is 0.310 e. The van der Waals surface area contributed by atoms with Crippen molar-refractivity contribution in [2.75, 3.05) is 25.6 Å². The van der Waals surface area contributed by atoms with Crippen LogP contribution in [0.3, 0.4) is 0 Å². The molecular weight excluding hydrogens is 267 g/mol. The van der Waals surface area contributed by atoms with E-state index in [0.29, 0.717) is 12.2 Å². The highest BCUT2D eigenvalue weighted by atomic mass is 32.1. The highest BCUT2D eigenvalue weighted by Crippen LogP contribution is 2.19. The summed E-state index contributed by atoms with van der Waals surface area (Å²) < 4.78 is 18.4. The molecule has 19 heavy (non-hydrogen) atoms. The standard InChI is InChI=1S/C13H17FN2O2S/c1-8(13(17)18-3)7-16(2)9-4-5-10(12(15)19)11(14)6-9/h4-6,8H,7H2,1-3H3,(H2,15,19). The lowest BCUT2D eigenvalue weighted by Gasteiger charge is -2.22. The van der Waals surface area contributed by atoms with E-state index >= 15 is 0 Å². The number of ether oxygens (including phenoxy) is 1. The van der Waals surface area contributed by atoms with Crippen LogP contribution in [-0.2, 0) is 9.53 Å². The van der Waals surface area contributed by atoms with E-state index < -0.39 is 5.82 Å². The minimum atomic E-state index is -0.470. The highest BCUT2D eigenvalue weighted by molar-refractivity contribution is 7.80. The number of carbonyl (C=O) groups excluding carboxylic acids is 1. The summed E-state index contributed by atoms with van der Waals surface area (Å²) in [5.74, 6) is -1.07. The van der Waals surface area contributed by atoms with Crippen LogP contribution in [0.5, 0.6) is 0 Å². The molecule has 0 bridgehead atoms. The molecule has 0 saturated carbocycles. The van der Waals surface area contributed by atoms with Crippen molar-refractivity contribution in [1.82, 2.24) is 0 Å². The lowest BCUT2D eigenvalue weighted by molar-refractivity contribution is -0.144. The second-order valence-corrected chi connectivity index (χ2v) is 4.77. The summed E-state index contributed by atoms with van der Waals surface area (Å²) in [5.41, 5.74) is 6.26. The molecule has 0 aliphatic heterocycles. The van der Waals surface area contributed by atoms with Gasteiger partial charge in [-0.2, -0.15) is 0 Å². The molecule has 1 aromatic carbocycles. The number of nitrogens with two attached hydrogens (primary N) is 1. The van der Waals surface area contributed by atoms with Gasteiger partial charge in [0, 0.05) is 24.8 Å². The normalized spacial score (nSPS) is 11.8. The fourth-order valence-electron chi connectivity index (χ4n) is 1.73. The number of methoxy groups -OCH3 is 1. The molecule has 0 fully saturated rings. The average Bonchev–Trinajstić information content (AvgIpc) is 2.36. The van der Waals surface area contributed by atoms with Crippen molar-refractivity contribution >= 4 is 28.9 Å². The van der Waals surface area contributed by atoms with Crippen LogP contribution < -0.4 is 10.6 Å². The van der Waals surface area contributed by atoms with E-state index in [1.807, 2.05) is 0 Å². The number of nitrogens with zero attached hydrogens (tertiary/aromatic N) is 1. The van der Waals surface area contributed by atoms with Crippen LogP contribution in [0, 0.1) is 11.7 Å². The van der Waals surface area contributed by atoms with Gasteiger partial charge in [0.1, 0.15) is 10.8 Å². The molecule has 1 atom stereocenters. The molecule has 2 N–H and O–H groups in total. The molecule has 0 radical (unpaired) electrons. The Kier molecular flexibility index (Phi) is 5.23. The van der Waals surface area contributed by atoms with Gasteiger partial charge < -0.3 is 15.4 Å². The van der Waals surface area contributed by atoms with Gasteiger partial charge in [0.25, 0.3) is 0 Å². The molecule has 1 rings (SSSR count). The second-order valence-electron chi connectivity index (χ2n) is 4.33. The minimum Gasteiger partial charge on any atom is -0.469 e. The van der Waals surface area contributed by atoms with Crippen LogP contribution in [0.4, 0.5) is 10.1 Å². The van der Waals surface area contributed by atoms with Crippen molar-refractivity contribution in [3.05, 3.63) is 29.6 Å². The maximum atomic E-state index is 13.7. The number of halogens is 1. The van der Waals surface area contributed by atoms with Crippen molar-refractivity contribution in [1.29, 1.82) is 0 Å². The summed E-state index contributed by atoms with van der Waals surface area (Å²) in [5, 5.41) is 0. The van der Waals surface area contributed by atoms with E-state index in [4.69, 9.17) is 18.0 Å². The van der Waals surface area contributed by atoms with E-state index in [1.165, 1.54) is 19.2 Å². The first-order chi connectivity index (χ1) is 8.86. The van der Waals surface area contributed by atoms with Gasteiger partial charge in [-0.3, -0.25) is 4.79 Å². The fourth-order valence-corrected chi connectivity index (χ4v) is 1.90. The Morgan fingerprint density at radius 2 is 2.21 bits per heavy atom. The first-order valence-electron chi connectivity index (χ1n) is 5.75. The Labute approximate surface area is 117 Å². The SMILES string of the molecule is COC(=O)C(C)CN(C)c1ccc(C(N)=S)c(F)c1. The van der Waals surface area contributed by atoms with Gasteiger partial charge in [0.2, 0.25) is 0 Å². The van der Waals surface area contributed by atoms with E-state index in [0.717, 1.165) is 0 Å². The Bertz CT molecular complexity index is 494. The van der Waals surface area contributed by atoms with Gasteiger partial charge in [-0.25, -0.2) is 4.39 Å². The number of hydrogen-bond acceptors (Lipinski definition) is 4. The Hall–Kier alpha value is -1.69. The molecule has 0 amide bonds. The smallest absolute Gasteiger partial charge is 0.310 e. The van der Waals surface area contributed by atoms with E-state index in [2.05, 4.69) is 4.74 Å². The van der Waals surface area contributed by atoms with Crippen molar-refractivity contribution in [3.63, 3.8) is 0 Å². The Morgan fingerprint density at radius 3 is 2.68 bits per heavy atom. The van der Waals surface area contributed by atoms with Gasteiger partial charge >= 0.3 is 5.97 Å². The lowest BCUT2D eigenvalue weighted by atomic mass is 10.1. The molecule has 4 nitrogen and oxygen atoms in total. The summed E-state index contributed by atoms with van der Waals surface area (Å²) in [6.07, 6.45) is 0. The van der Waals surface area contributed by atoms with Gasteiger partial charge in [0.15, 0.2) is 0 Å². The van der Waals surface area contributed by atoms with Gasteiger partial charge in [-0.1, -0.05) is 19.1 Å². The third-order valence-corrected chi connectivity index (χ3v) is 3.03. The predicted molar refractivity (Wildman–Crippen MR) is 76.7 cm³/mol. The molecule has 104 valence electrons. The first kappa shape index (κ1) is 15.4. The Balaban J connectivity index is 2.83. The van der Waals surface area contributed by atoms with Crippen LogP contribution in [0.25, 0.3) is 0 Å². The lowest BCUT2D eigenvalue weighted by Crippen LogP contribution is -2.29. The van der Waals surface area contributed by atoms with Crippen molar-refractivity contribution < 1.29 is 13.9 Å². The molecule has 0 aromatic heterocycles. The zero-order valence-electron chi connectivity index (χ0n) is 11.1. The average molecular weight is 284 g/mol. The van der Waals surface area contributed by atoms with E-state index in [9.17, 15) is 9.18 Å². The van der Waals surface area contributed by atoms with Crippen molar-refractivity contribution in [2.24, 2.45) is 11.7 Å². The molecular formula is C13H17FN2O2S. The fraction of sp³-hybridized carbons (Fsp3) is 0.385. The van der Waals surface area contributed by atoms with Crippen LogP contribution in [0.2, 0.25) is 0 Å². The van der Waals surface area contributed by atoms with Crippen molar-refractivity contribution in [3.8, 4) is 0 Å². The molecule has 0 spiro atoms. The summed E-state index contributed by atoms with van der Waals surface area (Å²) in [6.45, 7) is 2.18. The minimum absolute atomic E-state index is 0.0228. The molecule has 1 unspecified atom stereocenters.